The largest absolute Gasteiger partial charge is 0.497 e. The fraction of sp³-hybridized carbons (Fsp3) is 0.0556. The summed E-state index contributed by atoms with van der Waals surface area (Å²) in [4.78, 5) is 12.0. The van der Waals surface area contributed by atoms with E-state index in [-0.39, 0.29) is 11.4 Å². The van der Waals surface area contributed by atoms with Crippen molar-refractivity contribution >= 4 is 23.2 Å². The zero-order chi connectivity index (χ0) is 17.6. The molecule has 0 unspecified atom stereocenters. The maximum atomic E-state index is 13.1. The molecule has 0 bridgehead atoms. The molecule has 3 aromatic rings. The molecule has 0 aliphatic carbocycles. The van der Waals surface area contributed by atoms with Gasteiger partial charge in [0, 0.05) is 11.3 Å². The fourth-order valence-electron chi connectivity index (χ4n) is 2.11. The van der Waals surface area contributed by atoms with E-state index in [1.165, 1.54) is 18.2 Å². The number of benzene rings is 2. The van der Waals surface area contributed by atoms with E-state index in [0.717, 1.165) is 17.5 Å². The van der Waals surface area contributed by atoms with Crippen LogP contribution in [0.15, 0.2) is 60.7 Å². The first-order valence-electron chi connectivity index (χ1n) is 7.46. The SMILES string of the molecule is COc1ccc(Nc2ccc(NC(=O)c3cccc(F)c3)nn2)cc1. The molecule has 1 aromatic heterocycles. The van der Waals surface area contributed by atoms with Gasteiger partial charge in [0.2, 0.25) is 0 Å². The molecule has 25 heavy (non-hydrogen) atoms. The third-order valence-electron chi connectivity index (χ3n) is 3.36. The zero-order valence-corrected chi connectivity index (χ0v) is 13.4. The van der Waals surface area contributed by atoms with Gasteiger partial charge in [-0.25, -0.2) is 4.39 Å². The third kappa shape index (κ3) is 4.29. The Morgan fingerprint density at radius 3 is 2.36 bits per heavy atom. The first kappa shape index (κ1) is 16.4. The smallest absolute Gasteiger partial charge is 0.256 e. The van der Waals surface area contributed by atoms with Crippen LogP contribution in [0, 0.1) is 5.82 Å². The molecule has 0 fully saturated rings. The molecule has 0 aliphatic heterocycles. The summed E-state index contributed by atoms with van der Waals surface area (Å²) in [6, 6.07) is 16.0. The lowest BCUT2D eigenvalue weighted by Crippen LogP contribution is -2.13. The molecule has 0 spiro atoms. The van der Waals surface area contributed by atoms with Crippen LogP contribution in [0.3, 0.4) is 0 Å². The molecular weight excluding hydrogens is 323 g/mol. The molecule has 126 valence electrons. The molecule has 1 heterocycles. The predicted octanol–water partition coefficient (Wildman–Crippen LogP) is 3.62. The summed E-state index contributed by atoms with van der Waals surface area (Å²) in [7, 11) is 1.60. The molecule has 2 N–H and O–H groups in total. The quantitative estimate of drug-likeness (QED) is 0.743. The summed E-state index contributed by atoms with van der Waals surface area (Å²) in [6.07, 6.45) is 0. The fourth-order valence-corrected chi connectivity index (χ4v) is 2.11. The Hall–Kier alpha value is -3.48. The Morgan fingerprint density at radius 1 is 1.00 bits per heavy atom. The van der Waals surface area contributed by atoms with Gasteiger partial charge in [-0.3, -0.25) is 4.79 Å². The Bertz CT molecular complexity index is 867. The van der Waals surface area contributed by atoms with E-state index in [9.17, 15) is 9.18 Å². The molecule has 7 heteroatoms. The first-order valence-corrected chi connectivity index (χ1v) is 7.46. The molecule has 0 atom stereocenters. The van der Waals surface area contributed by atoms with Crippen molar-refractivity contribution in [3.05, 3.63) is 72.0 Å². The Labute approximate surface area is 143 Å². The number of anilines is 3. The second kappa shape index (κ2) is 7.39. The lowest BCUT2D eigenvalue weighted by Gasteiger charge is -2.07. The number of ether oxygens (including phenoxy) is 1. The third-order valence-corrected chi connectivity index (χ3v) is 3.36. The van der Waals surface area contributed by atoms with Gasteiger partial charge in [0.05, 0.1) is 7.11 Å². The number of hydrogen-bond acceptors (Lipinski definition) is 5. The minimum absolute atomic E-state index is 0.210. The molecule has 3 rings (SSSR count). The van der Waals surface area contributed by atoms with Gasteiger partial charge in [0.25, 0.3) is 5.91 Å². The highest BCUT2D eigenvalue weighted by atomic mass is 19.1. The van der Waals surface area contributed by atoms with E-state index < -0.39 is 11.7 Å². The summed E-state index contributed by atoms with van der Waals surface area (Å²) >= 11 is 0. The van der Waals surface area contributed by atoms with Crippen LogP contribution in [0.5, 0.6) is 5.75 Å². The van der Waals surface area contributed by atoms with Crippen LogP contribution in [0.4, 0.5) is 21.7 Å². The molecule has 0 aliphatic rings. The van der Waals surface area contributed by atoms with Crippen molar-refractivity contribution in [1.82, 2.24) is 10.2 Å². The van der Waals surface area contributed by atoms with Gasteiger partial charge < -0.3 is 15.4 Å². The number of methoxy groups -OCH3 is 1. The van der Waals surface area contributed by atoms with Crippen molar-refractivity contribution in [2.45, 2.75) is 0 Å². The van der Waals surface area contributed by atoms with Gasteiger partial charge in [-0.1, -0.05) is 6.07 Å². The van der Waals surface area contributed by atoms with Gasteiger partial charge in [0.1, 0.15) is 11.6 Å². The second-order valence-electron chi connectivity index (χ2n) is 5.12. The number of amides is 1. The summed E-state index contributed by atoms with van der Waals surface area (Å²) in [5.41, 5.74) is 1.04. The molecule has 6 nitrogen and oxygen atoms in total. The van der Waals surface area contributed by atoms with Crippen molar-refractivity contribution in [2.75, 3.05) is 17.7 Å². The van der Waals surface area contributed by atoms with E-state index >= 15 is 0 Å². The van der Waals surface area contributed by atoms with Gasteiger partial charge >= 0.3 is 0 Å². The predicted molar refractivity (Wildman–Crippen MR) is 92.7 cm³/mol. The van der Waals surface area contributed by atoms with Gasteiger partial charge in [-0.05, 0) is 54.6 Å². The van der Waals surface area contributed by atoms with E-state index in [1.54, 1.807) is 19.2 Å². The van der Waals surface area contributed by atoms with Gasteiger partial charge in [-0.2, -0.15) is 0 Å². The van der Waals surface area contributed by atoms with Crippen LogP contribution in [-0.2, 0) is 0 Å². The van der Waals surface area contributed by atoms with Crippen molar-refractivity contribution < 1.29 is 13.9 Å². The van der Waals surface area contributed by atoms with Crippen molar-refractivity contribution in [3.63, 3.8) is 0 Å². The highest BCUT2D eigenvalue weighted by molar-refractivity contribution is 6.03. The monoisotopic (exact) mass is 338 g/mol. The number of nitrogens with one attached hydrogen (secondary N) is 2. The number of aromatic nitrogens is 2. The number of halogens is 1. The highest BCUT2D eigenvalue weighted by Gasteiger charge is 2.08. The lowest BCUT2D eigenvalue weighted by molar-refractivity contribution is 0.102. The average molecular weight is 338 g/mol. The van der Waals surface area contributed by atoms with E-state index in [0.29, 0.717) is 5.82 Å². The minimum atomic E-state index is -0.474. The summed E-state index contributed by atoms with van der Waals surface area (Å²) in [5, 5.41) is 13.6. The standard InChI is InChI=1S/C18H15FN4O2/c1-25-15-7-5-14(6-8-15)20-16-9-10-17(23-22-16)21-18(24)12-3-2-4-13(19)11-12/h2-11H,1H3,(H,20,22)(H,21,23,24). The molecule has 0 saturated carbocycles. The van der Waals surface area contributed by atoms with Crippen LogP contribution in [0.2, 0.25) is 0 Å². The maximum absolute atomic E-state index is 13.1. The number of nitrogens with zero attached hydrogens (tertiary/aromatic N) is 2. The number of hydrogen-bond donors (Lipinski definition) is 2. The molecule has 0 saturated heterocycles. The van der Waals surface area contributed by atoms with Crippen LogP contribution < -0.4 is 15.4 Å². The Balaban J connectivity index is 1.64. The molecule has 0 radical (unpaired) electrons. The number of carbonyl (C=O) groups is 1. The zero-order valence-electron chi connectivity index (χ0n) is 13.4. The topological polar surface area (TPSA) is 76.1 Å². The molecule has 2 aromatic carbocycles. The Kier molecular flexibility index (Phi) is 4.84. The summed E-state index contributed by atoms with van der Waals surface area (Å²) in [6.45, 7) is 0. The van der Waals surface area contributed by atoms with Gasteiger partial charge in [-0.15, -0.1) is 10.2 Å². The highest BCUT2D eigenvalue weighted by Crippen LogP contribution is 2.19. The van der Waals surface area contributed by atoms with Crippen LogP contribution in [0.1, 0.15) is 10.4 Å². The lowest BCUT2D eigenvalue weighted by atomic mass is 10.2. The van der Waals surface area contributed by atoms with Gasteiger partial charge in [0.15, 0.2) is 11.6 Å². The minimum Gasteiger partial charge on any atom is -0.497 e. The number of carbonyl (C=O) groups excluding carboxylic acids is 1. The Morgan fingerprint density at radius 2 is 1.72 bits per heavy atom. The molecule has 1 amide bonds. The van der Waals surface area contributed by atoms with Crippen LogP contribution >= 0.6 is 0 Å². The van der Waals surface area contributed by atoms with E-state index in [2.05, 4.69) is 20.8 Å². The summed E-state index contributed by atoms with van der Waals surface area (Å²) < 4.78 is 18.2. The van der Waals surface area contributed by atoms with Crippen molar-refractivity contribution in [1.29, 1.82) is 0 Å². The maximum Gasteiger partial charge on any atom is 0.256 e. The van der Waals surface area contributed by atoms with Crippen molar-refractivity contribution in [3.8, 4) is 5.75 Å². The van der Waals surface area contributed by atoms with E-state index in [4.69, 9.17) is 4.74 Å². The summed E-state index contributed by atoms with van der Waals surface area (Å²) in [5.74, 6) is 0.623. The molecular formula is C18H15FN4O2. The first-order chi connectivity index (χ1) is 12.1. The normalized spacial score (nSPS) is 10.2. The van der Waals surface area contributed by atoms with Crippen LogP contribution in [-0.4, -0.2) is 23.2 Å². The van der Waals surface area contributed by atoms with Crippen LogP contribution in [0.25, 0.3) is 0 Å². The second-order valence-corrected chi connectivity index (χ2v) is 5.12. The van der Waals surface area contributed by atoms with E-state index in [1.807, 2.05) is 24.3 Å². The number of rotatable bonds is 5. The average Bonchev–Trinajstić information content (AvgIpc) is 2.64. The van der Waals surface area contributed by atoms with Crippen molar-refractivity contribution in [2.24, 2.45) is 0 Å².